The van der Waals surface area contributed by atoms with Crippen molar-refractivity contribution >= 4 is 32.5 Å². The van der Waals surface area contributed by atoms with Gasteiger partial charge in [-0.25, -0.2) is 17.2 Å². The Kier molecular flexibility index (Phi) is 7.22. The third kappa shape index (κ3) is 4.97. The molecule has 0 saturated heterocycles. The predicted octanol–water partition coefficient (Wildman–Crippen LogP) is 6.29. The fraction of sp³-hybridized carbons (Fsp3) is 0.200. The van der Waals surface area contributed by atoms with Gasteiger partial charge in [-0.15, -0.1) is 0 Å². The molecule has 2 aromatic carbocycles. The molecule has 4 rings (SSSR count). The van der Waals surface area contributed by atoms with Crippen molar-refractivity contribution in [3.05, 3.63) is 76.4 Å². The highest BCUT2D eigenvalue weighted by Crippen LogP contribution is 2.37. The number of nitrogens with zero attached hydrogens (tertiary/aromatic N) is 3. The van der Waals surface area contributed by atoms with E-state index in [2.05, 4.69) is 4.98 Å². The van der Waals surface area contributed by atoms with E-state index in [1.807, 2.05) is 6.07 Å². The van der Waals surface area contributed by atoms with Gasteiger partial charge in [-0.3, -0.25) is 4.98 Å². The second-order valence-electron chi connectivity index (χ2n) is 8.35. The highest BCUT2D eigenvalue weighted by Gasteiger charge is 2.39. The molecule has 0 aliphatic rings. The Morgan fingerprint density at radius 3 is 2.39 bits per heavy atom. The van der Waals surface area contributed by atoms with Gasteiger partial charge in [0.05, 0.1) is 27.5 Å². The smallest absolute Gasteiger partial charge is 0.306 e. The van der Waals surface area contributed by atoms with Gasteiger partial charge in [0.25, 0.3) is 0 Å². The first-order chi connectivity index (χ1) is 17.8. The lowest BCUT2D eigenvalue weighted by Gasteiger charge is -2.17. The number of hydrogen-bond donors (Lipinski definition) is 1. The van der Waals surface area contributed by atoms with Crippen molar-refractivity contribution < 1.29 is 30.4 Å². The zero-order valence-electron chi connectivity index (χ0n) is 19.7. The molecule has 2 aromatic heterocycles. The molecular weight excluding hydrogens is 551 g/mol. The summed E-state index contributed by atoms with van der Waals surface area (Å²) in [7, 11) is -4.58. The molecule has 2 heterocycles. The first kappa shape index (κ1) is 27.5. The molecule has 198 valence electrons. The average Bonchev–Trinajstić information content (AvgIpc) is 3.17. The number of fused-ring (bicyclic) bond motifs is 1. The number of benzene rings is 2. The summed E-state index contributed by atoms with van der Waals surface area (Å²) in [5.74, 6) is -1.24. The molecule has 0 amide bonds. The largest absolute Gasteiger partial charge is 0.404 e. The van der Waals surface area contributed by atoms with E-state index in [1.165, 1.54) is 34.9 Å². The highest BCUT2D eigenvalue weighted by molar-refractivity contribution is 7.89. The Bertz CT molecular complexity index is 1690. The van der Waals surface area contributed by atoms with Crippen LogP contribution >= 0.6 is 11.6 Å². The quantitative estimate of drug-likeness (QED) is 0.277. The van der Waals surface area contributed by atoms with Gasteiger partial charge in [0.15, 0.2) is 0 Å². The first-order valence-electron chi connectivity index (χ1n) is 11.1. The van der Waals surface area contributed by atoms with E-state index in [0.29, 0.717) is 30.1 Å². The van der Waals surface area contributed by atoms with Gasteiger partial charge in [0.1, 0.15) is 28.6 Å². The molecule has 1 N–H and O–H groups in total. The summed E-state index contributed by atoms with van der Waals surface area (Å²) in [5.41, 5.74) is 1.22. The zero-order valence-corrected chi connectivity index (χ0v) is 21.3. The van der Waals surface area contributed by atoms with Crippen molar-refractivity contribution in [2.24, 2.45) is 0 Å². The lowest BCUT2D eigenvalue weighted by atomic mass is 10.1. The Morgan fingerprint density at radius 2 is 1.84 bits per heavy atom. The molecule has 1 unspecified atom stereocenters. The third-order valence-electron chi connectivity index (χ3n) is 5.90. The van der Waals surface area contributed by atoms with Crippen LogP contribution in [0, 0.1) is 23.0 Å². The fourth-order valence-corrected chi connectivity index (χ4v) is 5.26. The molecule has 0 aliphatic heterocycles. The topological polar surface area (TPSA) is 87.8 Å². The second kappa shape index (κ2) is 9.98. The van der Waals surface area contributed by atoms with E-state index in [0.717, 1.165) is 18.3 Å². The van der Waals surface area contributed by atoms with Crippen LogP contribution in [0.5, 0.6) is 0 Å². The molecule has 6 nitrogen and oxygen atoms in total. The maximum atomic E-state index is 14.7. The van der Waals surface area contributed by atoms with Crippen LogP contribution in [0.1, 0.15) is 25.0 Å². The minimum absolute atomic E-state index is 0.00562. The maximum absolute atomic E-state index is 14.7. The molecule has 38 heavy (non-hydrogen) atoms. The molecule has 13 heteroatoms. The van der Waals surface area contributed by atoms with E-state index in [-0.39, 0.29) is 27.4 Å². The van der Waals surface area contributed by atoms with Crippen LogP contribution in [0.3, 0.4) is 0 Å². The molecule has 4 aromatic rings. The third-order valence-corrected chi connectivity index (χ3v) is 7.72. The summed E-state index contributed by atoms with van der Waals surface area (Å²) in [6, 6.07) is 8.45. The Labute approximate surface area is 219 Å². The summed E-state index contributed by atoms with van der Waals surface area (Å²) < 4.78 is 95.2. The van der Waals surface area contributed by atoms with Crippen molar-refractivity contribution in [2.45, 2.75) is 37.4 Å². The fourth-order valence-electron chi connectivity index (χ4n) is 3.92. The number of alkyl halides is 3. The van der Waals surface area contributed by atoms with Crippen molar-refractivity contribution in [3.63, 3.8) is 0 Å². The number of pyridine rings is 1. The van der Waals surface area contributed by atoms with Crippen LogP contribution in [0.15, 0.2) is 53.6 Å². The normalized spacial score (nSPS) is 13.0. The van der Waals surface area contributed by atoms with Gasteiger partial charge in [0.2, 0.25) is 10.0 Å². The lowest BCUT2D eigenvalue weighted by molar-refractivity contribution is -0.147. The number of aromatic nitrogens is 2. The molecule has 0 spiro atoms. The van der Waals surface area contributed by atoms with Crippen LogP contribution in [0.2, 0.25) is 5.02 Å². The number of aryl methyl sites for hydroxylation is 1. The number of nitriles is 1. The van der Waals surface area contributed by atoms with E-state index in [1.54, 1.807) is 11.6 Å². The standard InChI is InChI=1S/C25H18ClF5N4O2S/c1-3-14-8-23-17(10-21(14)28)18(11-32)24(35(23)15-4-6-20(27)19(26)9-15)22-7-5-16(12-33-22)38(36,37)34-13(2)25(29,30)31/h4-10,12-13,34H,3H2,1-2H3. The van der Waals surface area contributed by atoms with Crippen LogP contribution in [-0.2, 0) is 16.4 Å². The molecule has 1 atom stereocenters. The van der Waals surface area contributed by atoms with Gasteiger partial charge >= 0.3 is 6.18 Å². The van der Waals surface area contributed by atoms with E-state index >= 15 is 0 Å². The lowest BCUT2D eigenvalue weighted by Crippen LogP contribution is -2.42. The molecule has 0 fully saturated rings. The van der Waals surface area contributed by atoms with Gasteiger partial charge in [-0.05, 0) is 61.4 Å². The van der Waals surface area contributed by atoms with Gasteiger partial charge < -0.3 is 4.57 Å². The molecule has 0 radical (unpaired) electrons. The summed E-state index contributed by atoms with van der Waals surface area (Å²) in [6.45, 7) is 2.40. The average molecular weight is 569 g/mol. The van der Waals surface area contributed by atoms with Gasteiger partial charge in [0, 0.05) is 17.3 Å². The number of sulfonamides is 1. The molecular formula is C25H18ClF5N4O2S. The number of nitrogens with one attached hydrogen (secondary N) is 1. The van der Waals surface area contributed by atoms with Crippen molar-refractivity contribution in [1.82, 2.24) is 14.3 Å². The maximum Gasteiger partial charge on any atom is 0.404 e. The Hall–Kier alpha value is -3.53. The highest BCUT2D eigenvalue weighted by atomic mass is 35.5. The predicted molar refractivity (Wildman–Crippen MR) is 131 cm³/mol. The van der Waals surface area contributed by atoms with Crippen molar-refractivity contribution in [1.29, 1.82) is 5.26 Å². The van der Waals surface area contributed by atoms with Crippen LogP contribution in [0.25, 0.3) is 28.0 Å². The summed E-state index contributed by atoms with van der Waals surface area (Å²) in [5, 5.41) is 10.0. The SMILES string of the molecule is CCc1cc2c(cc1F)c(C#N)c(-c1ccc(S(=O)(=O)NC(C)C(F)(F)F)cn1)n2-c1ccc(F)c(Cl)c1. The van der Waals surface area contributed by atoms with E-state index in [4.69, 9.17) is 11.6 Å². The summed E-state index contributed by atoms with van der Waals surface area (Å²) >= 11 is 6.00. The number of rotatable bonds is 6. The van der Waals surface area contributed by atoms with Crippen LogP contribution in [-0.4, -0.2) is 30.2 Å². The molecule has 0 saturated carbocycles. The van der Waals surface area contributed by atoms with Crippen molar-refractivity contribution in [3.8, 4) is 23.1 Å². The Morgan fingerprint density at radius 1 is 1.13 bits per heavy atom. The number of hydrogen-bond acceptors (Lipinski definition) is 4. The second-order valence-corrected chi connectivity index (χ2v) is 10.5. The number of halogens is 6. The Balaban J connectivity index is 1.95. The summed E-state index contributed by atoms with van der Waals surface area (Å²) in [6.07, 6.45) is -3.62. The van der Waals surface area contributed by atoms with Gasteiger partial charge in [-0.1, -0.05) is 18.5 Å². The molecule has 0 aliphatic carbocycles. The van der Waals surface area contributed by atoms with E-state index in [9.17, 15) is 35.6 Å². The van der Waals surface area contributed by atoms with Crippen LogP contribution in [0.4, 0.5) is 22.0 Å². The monoisotopic (exact) mass is 568 g/mol. The summed E-state index contributed by atoms with van der Waals surface area (Å²) in [4.78, 5) is 3.57. The minimum atomic E-state index is -4.80. The van der Waals surface area contributed by atoms with E-state index < -0.39 is 38.8 Å². The molecule has 0 bridgehead atoms. The van der Waals surface area contributed by atoms with Crippen molar-refractivity contribution in [2.75, 3.05) is 0 Å². The first-order valence-corrected chi connectivity index (χ1v) is 12.9. The minimum Gasteiger partial charge on any atom is -0.306 e. The zero-order chi connectivity index (χ0) is 28.0. The van der Waals surface area contributed by atoms with Crippen LogP contribution < -0.4 is 4.72 Å². The van der Waals surface area contributed by atoms with Gasteiger partial charge in [-0.2, -0.15) is 23.2 Å².